The first-order valence-electron chi connectivity index (χ1n) is 8.11. The van der Waals surface area contributed by atoms with Gasteiger partial charge in [-0.3, -0.25) is 4.79 Å². The molecule has 0 radical (unpaired) electrons. The number of H-pyrrole nitrogens is 1. The third-order valence-electron chi connectivity index (χ3n) is 4.23. The van der Waals surface area contributed by atoms with Gasteiger partial charge in [0, 0.05) is 60.0 Å². The van der Waals surface area contributed by atoms with E-state index in [4.69, 9.17) is 5.73 Å². The smallest absolute Gasteiger partial charge is 0.162 e. The number of hydrogen-bond acceptors (Lipinski definition) is 4. The molecule has 0 saturated carbocycles. The molecule has 0 spiro atoms. The van der Waals surface area contributed by atoms with E-state index in [0.717, 1.165) is 33.4 Å². The van der Waals surface area contributed by atoms with E-state index < -0.39 is 0 Å². The number of rotatable bonds is 4. The summed E-state index contributed by atoms with van der Waals surface area (Å²) in [6, 6.07) is 10.1. The summed E-state index contributed by atoms with van der Waals surface area (Å²) in [5.41, 5.74) is 11.7. The van der Waals surface area contributed by atoms with Crippen molar-refractivity contribution in [1.82, 2.24) is 9.97 Å². The van der Waals surface area contributed by atoms with Crippen LogP contribution in [0.3, 0.4) is 0 Å². The number of allylic oxidation sites excluding steroid dienone is 2. The topological polar surface area (TPSA) is 75.0 Å². The third-order valence-corrected chi connectivity index (χ3v) is 4.23. The molecular formula is C20H22N4O. The van der Waals surface area contributed by atoms with E-state index >= 15 is 0 Å². The van der Waals surface area contributed by atoms with Crippen molar-refractivity contribution >= 4 is 28.1 Å². The van der Waals surface area contributed by atoms with Gasteiger partial charge in [-0.25, -0.2) is 4.98 Å². The van der Waals surface area contributed by atoms with Gasteiger partial charge in [0.25, 0.3) is 0 Å². The molecular weight excluding hydrogens is 312 g/mol. The van der Waals surface area contributed by atoms with E-state index in [2.05, 4.69) is 16.0 Å². The minimum absolute atomic E-state index is 0.0422. The lowest BCUT2D eigenvalue weighted by molar-refractivity contribution is -0.111. The van der Waals surface area contributed by atoms with Crippen LogP contribution < -0.4 is 10.6 Å². The van der Waals surface area contributed by atoms with Crippen molar-refractivity contribution in [2.24, 2.45) is 5.73 Å². The summed E-state index contributed by atoms with van der Waals surface area (Å²) < 4.78 is 0. The molecule has 5 nitrogen and oxygen atoms in total. The normalized spacial score (nSPS) is 12.2. The predicted octanol–water partition coefficient (Wildman–Crippen LogP) is 3.57. The lowest BCUT2D eigenvalue weighted by Crippen LogP contribution is -2.14. The number of carbonyl (C=O) groups is 1. The Hall–Kier alpha value is -3.08. The maximum absolute atomic E-state index is 12.2. The molecule has 0 saturated heterocycles. The lowest BCUT2D eigenvalue weighted by Gasteiger charge is -2.20. The van der Waals surface area contributed by atoms with Crippen LogP contribution in [0.1, 0.15) is 19.4 Å². The van der Waals surface area contributed by atoms with E-state index in [0.29, 0.717) is 11.3 Å². The molecule has 0 unspecified atom stereocenters. The summed E-state index contributed by atoms with van der Waals surface area (Å²) in [6.45, 7) is 3.31. The minimum Gasteiger partial charge on any atom is -0.402 e. The molecule has 128 valence electrons. The number of aromatic nitrogens is 2. The van der Waals surface area contributed by atoms with Crippen LogP contribution in [0.2, 0.25) is 0 Å². The molecule has 0 aliphatic carbocycles. The van der Waals surface area contributed by atoms with Crippen LogP contribution in [0, 0.1) is 0 Å². The number of pyridine rings is 1. The van der Waals surface area contributed by atoms with Gasteiger partial charge >= 0.3 is 0 Å². The maximum atomic E-state index is 12.2. The second-order valence-electron chi connectivity index (χ2n) is 6.38. The molecule has 2 heterocycles. The molecule has 0 aliphatic rings. The number of fused-ring (bicyclic) bond motifs is 1. The molecule has 3 rings (SSSR count). The SMILES string of the molecule is CC(=O)/C(=C(/C)N)c1cc(-c2cnc3[nH]ccc3c2)ccc1N(C)C. The largest absolute Gasteiger partial charge is 0.402 e. The number of nitrogens with zero attached hydrogens (tertiary/aromatic N) is 2. The second kappa shape index (κ2) is 6.43. The highest BCUT2D eigenvalue weighted by atomic mass is 16.1. The van der Waals surface area contributed by atoms with Gasteiger partial charge in [-0.15, -0.1) is 0 Å². The van der Waals surface area contributed by atoms with E-state index in [1.807, 2.05) is 55.7 Å². The Labute approximate surface area is 147 Å². The van der Waals surface area contributed by atoms with E-state index in [1.165, 1.54) is 0 Å². The highest BCUT2D eigenvalue weighted by Gasteiger charge is 2.17. The van der Waals surface area contributed by atoms with E-state index in [9.17, 15) is 4.79 Å². The van der Waals surface area contributed by atoms with Crippen molar-refractivity contribution in [2.45, 2.75) is 13.8 Å². The number of nitrogens with one attached hydrogen (secondary N) is 1. The Morgan fingerprint density at radius 1 is 1.12 bits per heavy atom. The van der Waals surface area contributed by atoms with Crippen molar-refractivity contribution in [3.63, 3.8) is 0 Å². The monoisotopic (exact) mass is 334 g/mol. The summed E-state index contributed by atoms with van der Waals surface area (Å²) in [4.78, 5) is 21.7. The molecule has 25 heavy (non-hydrogen) atoms. The fourth-order valence-corrected chi connectivity index (χ4v) is 3.08. The minimum atomic E-state index is -0.0422. The van der Waals surface area contributed by atoms with Gasteiger partial charge in [-0.2, -0.15) is 0 Å². The summed E-state index contributed by atoms with van der Waals surface area (Å²) in [6.07, 6.45) is 3.70. The summed E-state index contributed by atoms with van der Waals surface area (Å²) in [5, 5.41) is 1.05. The van der Waals surface area contributed by atoms with Gasteiger partial charge in [0.1, 0.15) is 5.65 Å². The van der Waals surface area contributed by atoms with Crippen LogP contribution in [-0.2, 0) is 4.79 Å². The van der Waals surface area contributed by atoms with Gasteiger partial charge in [0.2, 0.25) is 0 Å². The Balaban J connectivity index is 2.21. The van der Waals surface area contributed by atoms with E-state index in [1.54, 1.807) is 13.8 Å². The molecule has 0 bridgehead atoms. The number of aromatic amines is 1. The van der Waals surface area contributed by atoms with Gasteiger partial charge in [0.05, 0.1) is 0 Å². The predicted molar refractivity (Wildman–Crippen MR) is 103 cm³/mol. The standard InChI is InChI=1S/C20H22N4O/c1-12(21)19(13(2)25)17-10-14(5-6-18(17)24(3)4)16-9-15-7-8-22-20(15)23-11-16/h5-11H,21H2,1-4H3,(H,22,23)/b19-12+. The van der Waals surface area contributed by atoms with Crippen LogP contribution in [0.4, 0.5) is 5.69 Å². The van der Waals surface area contributed by atoms with Gasteiger partial charge in [-0.1, -0.05) is 6.07 Å². The van der Waals surface area contributed by atoms with Crippen LogP contribution in [0.15, 0.2) is 48.4 Å². The molecule has 1 aromatic carbocycles. The van der Waals surface area contributed by atoms with Crippen molar-refractivity contribution in [3.8, 4) is 11.1 Å². The van der Waals surface area contributed by atoms with Gasteiger partial charge in [0.15, 0.2) is 5.78 Å². The van der Waals surface area contributed by atoms with Crippen molar-refractivity contribution in [1.29, 1.82) is 0 Å². The highest BCUT2D eigenvalue weighted by Crippen LogP contribution is 2.33. The fourth-order valence-electron chi connectivity index (χ4n) is 3.08. The zero-order chi connectivity index (χ0) is 18.1. The van der Waals surface area contributed by atoms with Crippen LogP contribution >= 0.6 is 0 Å². The zero-order valence-corrected chi connectivity index (χ0v) is 14.9. The average molecular weight is 334 g/mol. The Kier molecular flexibility index (Phi) is 4.31. The number of carbonyl (C=O) groups excluding carboxylic acids is 1. The average Bonchev–Trinajstić information content (AvgIpc) is 3.01. The molecule has 0 atom stereocenters. The number of Topliss-reactive ketones (excluding diaryl/α,β-unsaturated/α-hetero) is 1. The van der Waals surface area contributed by atoms with Crippen LogP contribution in [0.5, 0.6) is 0 Å². The number of nitrogens with two attached hydrogens (primary N) is 1. The first kappa shape index (κ1) is 16.8. The van der Waals surface area contributed by atoms with Gasteiger partial charge in [-0.05, 0) is 43.7 Å². The molecule has 3 N–H and O–H groups in total. The summed E-state index contributed by atoms with van der Waals surface area (Å²) in [5.74, 6) is -0.0422. The number of benzene rings is 1. The molecule has 0 fully saturated rings. The number of anilines is 1. The molecule has 3 aromatic rings. The number of hydrogen-bond donors (Lipinski definition) is 2. The Bertz CT molecular complexity index is 978. The van der Waals surface area contributed by atoms with Crippen molar-refractivity contribution < 1.29 is 4.79 Å². The Morgan fingerprint density at radius 3 is 2.52 bits per heavy atom. The third kappa shape index (κ3) is 3.13. The lowest BCUT2D eigenvalue weighted by atomic mass is 9.94. The first-order chi connectivity index (χ1) is 11.9. The first-order valence-corrected chi connectivity index (χ1v) is 8.11. The maximum Gasteiger partial charge on any atom is 0.162 e. The van der Waals surface area contributed by atoms with Crippen molar-refractivity contribution in [3.05, 3.63) is 54.0 Å². The molecule has 0 amide bonds. The quantitative estimate of drug-likeness (QED) is 0.715. The molecule has 5 heteroatoms. The fraction of sp³-hybridized carbons (Fsp3) is 0.200. The number of ketones is 1. The summed E-state index contributed by atoms with van der Waals surface area (Å²) >= 11 is 0. The van der Waals surface area contributed by atoms with Crippen LogP contribution in [-0.4, -0.2) is 29.8 Å². The Morgan fingerprint density at radius 2 is 1.88 bits per heavy atom. The van der Waals surface area contributed by atoms with Gasteiger partial charge < -0.3 is 15.6 Å². The summed E-state index contributed by atoms with van der Waals surface area (Å²) in [7, 11) is 3.91. The van der Waals surface area contributed by atoms with E-state index in [-0.39, 0.29) is 5.78 Å². The molecule has 0 aliphatic heterocycles. The zero-order valence-electron chi connectivity index (χ0n) is 14.9. The van der Waals surface area contributed by atoms with Crippen molar-refractivity contribution in [2.75, 3.05) is 19.0 Å². The highest BCUT2D eigenvalue weighted by molar-refractivity contribution is 6.22. The van der Waals surface area contributed by atoms with Crippen LogP contribution in [0.25, 0.3) is 27.7 Å². The second-order valence-corrected chi connectivity index (χ2v) is 6.38. The molecule has 2 aromatic heterocycles.